The SMILES string of the molecule is CC(C)(C)C(=O)Nc1ccc(C(=O)C[N+]23CCC(CC2)[C@@H](OC(=O)[C@H](Nc2ccccc2)c2ccccc2)C3)cc1.O=C([O-])C(F)(F)F. The van der Waals surface area contributed by atoms with Crippen LogP contribution in [-0.4, -0.2) is 66.6 Å². The number of esters is 1. The molecule has 3 fully saturated rings. The van der Waals surface area contributed by atoms with Crippen LogP contribution in [0, 0.1) is 11.3 Å². The molecule has 6 rings (SSSR count). The highest BCUT2D eigenvalue weighted by Crippen LogP contribution is 2.37. The number of hydrogen-bond acceptors (Lipinski definition) is 7. The van der Waals surface area contributed by atoms with Crippen molar-refractivity contribution >= 4 is 35.0 Å². The quantitative estimate of drug-likeness (QED) is 0.184. The summed E-state index contributed by atoms with van der Waals surface area (Å²) in [4.78, 5) is 48.1. The maximum absolute atomic E-state index is 13.6. The first-order chi connectivity index (χ1) is 22.6. The van der Waals surface area contributed by atoms with Crippen molar-refractivity contribution in [2.45, 2.75) is 51.9 Å². The van der Waals surface area contributed by atoms with Gasteiger partial charge in [-0.2, -0.15) is 13.2 Å². The number of anilines is 2. The molecule has 2 N–H and O–H groups in total. The summed E-state index contributed by atoms with van der Waals surface area (Å²) in [5, 5.41) is 15.0. The van der Waals surface area contributed by atoms with Crippen molar-refractivity contribution in [3.63, 3.8) is 0 Å². The summed E-state index contributed by atoms with van der Waals surface area (Å²) < 4.78 is 38.4. The summed E-state index contributed by atoms with van der Waals surface area (Å²) in [6.07, 6.45) is -3.55. The minimum Gasteiger partial charge on any atom is -0.542 e. The third kappa shape index (κ3) is 9.66. The summed E-state index contributed by atoms with van der Waals surface area (Å²) in [7, 11) is 0. The Bertz CT molecular complexity index is 1570. The average Bonchev–Trinajstić information content (AvgIpc) is 3.04. The van der Waals surface area contributed by atoms with Gasteiger partial charge in [0, 0.05) is 41.1 Å². The van der Waals surface area contributed by atoms with Crippen molar-refractivity contribution in [3.05, 3.63) is 96.1 Å². The van der Waals surface area contributed by atoms with E-state index in [0.29, 0.717) is 34.7 Å². The largest absolute Gasteiger partial charge is 0.542 e. The molecule has 3 aliphatic rings. The maximum atomic E-state index is 13.6. The number of amides is 1. The first-order valence-electron chi connectivity index (χ1n) is 15.7. The number of carbonyl (C=O) groups excluding carboxylic acids is 4. The van der Waals surface area contributed by atoms with Gasteiger partial charge in [-0.15, -0.1) is 0 Å². The number of para-hydroxylation sites is 1. The number of carbonyl (C=O) groups is 4. The fourth-order valence-corrected chi connectivity index (χ4v) is 5.87. The molecule has 0 radical (unpaired) electrons. The second-order valence-electron chi connectivity index (χ2n) is 13.3. The molecular formula is C36H40F3N3O6. The van der Waals surface area contributed by atoms with Gasteiger partial charge in [-0.05, 0) is 42.0 Å². The highest BCUT2D eigenvalue weighted by molar-refractivity contribution is 5.98. The third-order valence-electron chi connectivity index (χ3n) is 8.62. The number of aliphatic carboxylic acids is 1. The van der Waals surface area contributed by atoms with Crippen LogP contribution >= 0.6 is 0 Å². The molecule has 3 saturated heterocycles. The lowest BCUT2D eigenvalue weighted by Crippen LogP contribution is -2.65. The summed E-state index contributed by atoms with van der Waals surface area (Å²) in [5.74, 6) is -2.99. The number of nitrogens with one attached hydrogen (secondary N) is 2. The van der Waals surface area contributed by atoms with Crippen LogP contribution in [0.5, 0.6) is 0 Å². The molecule has 3 aromatic carbocycles. The topological polar surface area (TPSA) is 125 Å². The van der Waals surface area contributed by atoms with Gasteiger partial charge in [0.15, 0.2) is 12.1 Å². The molecule has 0 spiro atoms. The van der Waals surface area contributed by atoms with Crippen LogP contribution in [0.25, 0.3) is 0 Å². The first-order valence-corrected chi connectivity index (χ1v) is 15.7. The van der Waals surface area contributed by atoms with E-state index >= 15 is 0 Å². The van der Waals surface area contributed by atoms with Gasteiger partial charge in [-0.1, -0.05) is 69.3 Å². The maximum Gasteiger partial charge on any atom is 0.430 e. The van der Waals surface area contributed by atoms with Crippen molar-refractivity contribution in [2.24, 2.45) is 11.3 Å². The molecule has 1 amide bonds. The summed E-state index contributed by atoms with van der Waals surface area (Å²) in [6, 6.07) is 25.9. The highest BCUT2D eigenvalue weighted by atomic mass is 19.4. The van der Waals surface area contributed by atoms with E-state index in [1.54, 1.807) is 24.3 Å². The van der Waals surface area contributed by atoms with Crippen LogP contribution in [0.3, 0.4) is 0 Å². The lowest BCUT2D eigenvalue weighted by molar-refractivity contribution is -0.938. The van der Waals surface area contributed by atoms with E-state index in [1.165, 1.54) is 0 Å². The zero-order valence-electron chi connectivity index (χ0n) is 27.1. The Morgan fingerprint density at radius 1 is 0.854 bits per heavy atom. The first kappa shape index (κ1) is 36.1. The van der Waals surface area contributed by atoms with Crippen molar-refractivity contribution in [1.82, 2.24) is 0 Å². The van der Waals surface area contributed by atoms with Gasteiger partial charge in [0.05, 0.1) is 13.1 Å². The Morgan fingerprint density at radius 3 is 1.92 bits per heavy atom. The van der Waals surface area contributed by atoms with E-state index in [4.69, 9.17) is 14.6 Å². The Balaban J connectivity index is 0.000000671. The molecule has 0 aromatic heterocycles. The molecular weight excluding hydrogens is 627 g/mol. The molecule has 3 heterocycles. The number of alkyl halides is 3. The summed E-state index contributed by atoms with van der Waals surface area (Å²) in [5.41, 5.74) is 2.51. The number of carboxylic acid groups (broad SMARTS) is 1. The molecule has 3 aromatic rings. The van der Waals surface area contributed by atoms with Gasteiger partial charge in [0.25, 0.3) is 0 Å². The Hall–Kier alpha value is -4.71. The smallest absolute Gasteiger partial charge is 0.430 e. The molecule has 3 aliphatic heterocycles. The number of nitrogens with zero attached hydrogens (tertiary/aromatic N) is 1. The van der Waals surface area contributed by atoms with E-state index in [2.05, 4.69) is 10.6 Å². The Morgan fingerprint density at radius 2 is 1.40 bits per heavy atom. The minimum absolute atomic E-state index is 0.0667. The van der Waals surface area contributed by atoms with E-state index in [1.807, 2.05) is 81.4 Å². The van der Waals surface area contributed by atoms with Crippen LogP contribution < -0.4 is 15.7 Å². The highest BCUT2D eigenvalue weighted by Gasteiger charge is 2.49. The predicted octanol–water partition coefficient (Wildman–Crippen LogP) is 5.16. The number of fused-ring (bicyclic) bond motifs is 3. The zero-order chi connectivity index (χ0) is 35.1. The number of quaternary nitrogens is 1. The van der Waals surface area contributed by atoms with Gasteiger partial charge in [0.1, 0.15) is 19.1 Å². The van der Waals surface area contributed by atoms with Gasteiger partial charge >= 0.3 is 12.1 Å². The number of piperidine rings is 3. The lowest BCUT2D eigenvalue weighted by Gasteiger charge is -2.51. The number of ether oxygens (including phenoxy) is 1. The van der Waals surface area contributed by atoms with Gasteiger partial charge in [-0.3, -0.25) is 9.59 Å². The summed E-state index contributed by atoms with van der Waals surface area (Å²) >= 11 is 0. The van der Waals surface area contributed by atoms with E-state index in [0.717, 1.165) is 37.2 Å². The molecule has 12 heteroatoms. The number of ketones is 1. The van der Waals surface area contributed by atoms with Crippen molar-refractivity contribution < 1.29 is 46.7 Å². The number of rotatable bonds is 9. The fourth-order valence-electron chi connectivity index (χ4n) is 5.87. The van der Waals surface area contributed by atoms with Crippen LogP contribution in [-0.2, 0) is 19.1 Å². The molecule has 0 aliphatic carbocycles. The normalized spacial score (nSPS) is 20.8. The van der Waals surface area contributed by atoms with E-state index in [-0.39, 0.29) is 23.8 Å². The predicted molar refractivity (Wildman–Crippen MR) is 171 cm³/mol. The molecule has 2 atom stereocenters. The average molecular weight is 668 g/mol. The van der Waals surface area contributed by atoms with Crippen molar-refractivity contribution in [2.75, 3.05) is 36.8 Å². The summed E-state index contributed by atoms with van der Waals surface area (Å²) in [6.45, 7) is 8.43. The minimum atomic E-state index is -5.19. The Kier molecular flexibility index (Phi) is 11.3. The van der Waals surface area contributed by atoms with Crippen molar-refractivity contribution in [3.8, 4) is 0 Å². The fraction of sp³-hybridized carbons (Fsp3) is 0.389. The Labute approximate surface area is 277 Å². The van der Waals surface area contributed by atoms with E-state index in [9.17, 15) is 27.6 Å². The lowest BCUT2D eigenvalue weighted by atomic mass is 9.82. The van der Waals surface area contributed by atoms with Gasteiger partial charge < -0.3 is 29.8 Å². The van der Waals surface area contributed by atoms with Crippen molar-refractivity contribution in [1.29, 1.82) is 0 Å². The number of halogens is 3. The standard InChI is InChI=1S/C34H39N3O4.C2HF3O2/c1-34(2,3)33(40)36-28-16-14-24(15-17-28)29(38)22-37-20-18-25(19-21-37)30(23-37)41-32(39)31(26-10-6-4-7-11-26)35-27-12-8-5-9-13-27;3-2(4,5)1(6)7/h4-17,25,30-31,35H,18-23H2,1-3H3;(H,6,7)/t25?,30-,31+,37?;/m0./s1. The number of Topliss-reactive ketones (excluding diaryl/α,β-unsaturated/α-hetero) is 1. The molecule has 256 valence electrons. The zero-order valence-corrected chi connectivity index (χ0v) is 27.1. The molecule has 48 heavy (non-hydrogen) atoms. The molecule has 9 nitrogen and oxygen atoms in total. The second-order valence-corrected chi connectivity index (χ2v) is 13.3. The number of hydrogen-bond donors (Lipinski definition) is 2. The molecule has 0 unspecified atom stereocenters. The number of carboxylic acids is 1. The van der Waals surface area contributed by atoms with Crippen LogP contribution in [0.2, 0.25) is 0 Å². The monoisotopic (exact) mass is 667 g/mol. The molecule has 2 bridgehead atoms. The van der Waals surface area contributed by atoms with Gasteiger partial charge in [0.2, 0.25) is 11.7 Å². The van der Waals surface area contributed by atoms with Crippen LogP contribution in [0.4, 0.5) is 24.5 Å². The van der Waals surface area contributed by atoms with Crippen LogP contribution in [0.1, 0.15) is 55.6 Å². The second kappa shape index (κ2) is 15.0. The van der Waals surface area contributed by atoms with Gasteiger partial charge in [-0.25, -0.2) is 4.79 Å². The van der Waals surface area contributed by atoms with E-state index < -0.39 is 23.6 Å². The molecule has 0 saturated carbocycles. The number of benzene rings is 3. The third-order valence-corrected chi connectivity index (χ3v) is 8.62. The van der Waals surface area contributed by atoms with Crippen LogP contribution in [0.15, 0.2) is 84.9 Å².